The zero-order valence-electron chi connectivity index (χ0n) is 12.7. The third-order valence-corrected chi connectivity index (χ3v) is 4.62. The van der Waals surface area contributed by atoms with E-state index in [2.05, 4.69) is 5.32 Å². The Balaban J connectivity index is 2.43. The van der Waals surface area contributed by atoms with Crippen LogP contribution in [-0.2, 0) is 10.0 Å². The van der Waals surface area contributed by atoms with Gasteiger partial charge in [0.1, 0.15) is 0 Å². The summed E-state index contributed by atoms with van der Waals surface area (Å²) in [5.41, 5.74) is 3.11. The van der Waals surface area contributed by atoms with Crippen molar-refractivity contribution in [3.8, 4) is 0 Å². The molecule has 2 aromatic carbocycles. The van der Waals surface area contributed by atoms with Gasteiger partial charge in [-0.25, -0.2) is 13.6 Å². The molecular weight excluding hydrogens is 300 g/mol. The summed E-state index contributed by atoms with van der Waals surface area (Å²) in [6.45, 7) is 5.29. The molecule has 116 valence electrons. The number of nitrogens with two attached hydrogens (primary N) is 1. The summed E-state index contributed by atoms with van der Waals surface area (Å²) in [6, 6.07) is 10.3. The van der Waals surface area contributed by atoms with E-state index in [1.54, 1.807) is 26.0 Å². The number of carbonyl (C=O) groups excluding carboxylic acids is 1. The number of anilines is 1. The maximum absolute atomic E-state index is 12.4. The van der Waals surface area contributed by atoms with Crippen LogP contribution < -0.4 is 10.5 Å². The third kappa shape index (κ3) is 3.35. The first-order chi connectivity index (χ1) is 10.2. The second kappa shape index (κ2) is 5.90. The molecule has 2 aromatic rings. The minimum atomic E-state index is -3.87. The Kier molecular flexibility index (Phi) is 4.35. The van der Waals surface area contributed by atoms with E-state index in [4.69, 9.17) is 5.14 Å². The summed E-state index contributed by atoms with van der Waals surface area (Å²) >= 11 is 0. The fraction of sp³-hybridized carbons (Fsp3) is 0.188. The second-order valence-corrected chi connectivity index (χ2v) is 6.76. The van der Waals surface area contributed by atoms with Crippen LogP contribution in [0.5, 0.6) is 0 Å². The summed E-state index contributed by atoms with van der Waals surface area (Å²) in [7, 11) is -3.87. The van der Waals surface area contributed by atoms with Gasteiger partial charge >= 0.3 is 0 Å². The number of amides is 1. The van der Waals surface area contributed by atoms with Crippen LogP contribution in [0.4, 0.5) is 5.69 Å². The molecule has 0 bridgehead atoms. The summed E-state index contributed by atoms with van der Waals surface area (Å²) < 4.78 is 23.3. The molecule has 2 rings (SSSR count). The highest BCUT2D eigenvalue weighted by molar-refractivity contribution is 7.89. The Morgan fingerprint density at radius 3 is 2.27 bits per heavy atom. The zero-order chi connectivity index (χ0) is 16.5. The number of rotatable bonds is 3. The van der Waals surface area contributed by atoms with E-state index in [9.17, 15) is 13.2 Å². The van der Waals surface area contributed by atoms with Crippen LogP contribution in [0.15, 0.2) is 41.3 Å². The SMILES string of the molecule is Cc1ccccc1NC(=O)c1cc(C)c(C)c(S(N)(=O)=O)c1. The molecule has 0 aromatic heterocycles. The minimum absolute atomic E-state index is 0.0255. The van der Waals surface area contributed by atoms with Gasteiger partial charge in [0, 0.05) is 11.3 Å². The number of hydrogen-bond acceptors (Lipinski definition) is 3. The van der Waals surface area contributed by atoms with Gasteiger partial charge in [-0.2, -0.15) is 0 Å². The Labute approximate surface area is 130 Å². The van der Waals surface area contributed by atoms with Crippen molar-refractivity contribution in [2.45, 2.75) is 25.7 Å². The van der Waals surface area contributed by atoms with Crippen LogP contribution in [0, 0.1) is 20.8 Å². The molecule has 3 N–H and O–H groups in total. The van der Waals surface area contributed by atoms with Crippen molar-refractivity contribution in [2.75, 3.05) is 5.32 Å². The third-order valence-electron chi connectivity index (χ3n) is 3.58. The summed E-state index contributed by atoms with van der Waals surface area (Å²) in [6.07, 6.45) is 0. The lowest BCUT2D eigenvalue weighted by Crippen LogP contribution is -2.18. The molecule has 1 amide bonds. The fourth-order valence-electron chi connectivity index (χ4n) is 2.16. The van der Waals surface area contributed by atoms with Gasteiger partial charge in [-0.15, -0.1) is 0 Å². The number of sulfonamides is 1. The first kappa shape index (κ1) is 16.2. The fourth-order valence-corrected chi connectivity index (χ4v) is 3.04. The van der Waals surface area contributed by atoms with Crippen LogP contribution in [0.25, 0.3) is 0 Å². The first-order valence-corrected chi connectivity index (χ1v) is 8.26. The van der Waals surface area contributed by atoms with Crippen molar-refractivity contribution >= 4 is 21.6 Å². The van der Waals surface area contributed by atoms with Crippen LogP contribution >= 0.6 is 0 Å². The number of aryl methyl sites for hydroxylation is 2. The summed E-state index contributed by atoms with van der Waals surface area (Å²) in [4.78, 5) is 12.3. The summed E-state index contributed by atoms with van der Waals surface area (Å²) in [5, 5.41) is 7.99. The molecule has 0 fully saturated rings. The van der Waals surface area contributed by atoms with Crippen LogP contribution in [-0.4, -0.2) is 14.3 Å². The highest BCUT2D eigenvalue weighted by Crippen LogP contribution is 2.21. The van der Waals surface area contributed by atoms with Gasteiger partial charge in [-0.1, -0.05) is 18.2 Å². The number of benzene rings is 2. The molecule has 0 aliphatic carbocycles. The quantitative estimate of drug-likeness (QED) is 0.911. The van der Waals surface area contributed by atoms with Crippen molar-refractivity contribution in [1.82, 2.24) is 0 Å². The number of nitrogens with one attached hydrogen (secondary N) is 1. The van der Waals surface area contributed by atoms with Gasteiger partial charge in [0.25, 0.3) is 5.91 Å². The number of carbonyl (C=O) groups is 1. The largest absolute Gasteiger partial charge is 0.322 e. The molecule has 0 aliphatic heterocycles. The molecule has 0 spiro atoms. The van der Waals surface area contributed by atoms with Gasteiger partial charge in [-0.05, 0) is 55.7 Å². The predicted molar refractivity (Wildman–Crippen MR) is 86.4 cm³/mol. The molecule has 0 aliphatic rings. The van der Waals surface area contributed by atoms with Crippen molar-refractivity contribution < 1.29 is 13.2 Å². The van der Waals surface area contributed by atoms with Crippen LogP contribution in [0.3, 0.4) is 0 Å². The highest BCUT2D eigenvalue weighted by atomic mass is 32.2. The number of primary sulfonamides is 1. The summed E-state index contributed by atoms with van der Waals surface area (Å²) in [5.74, 6) is -0.373. The molecule has 0 saturated carbocycles. The Morgan fingerprint density at radius 2 is 1.68 bits per heavy atom. The minimum Gasteiger partial charge on any atom is -0.322 e. The van der Waals surface area contributed by atoms with Gasteiger partial charge in [0.05, 0.1) is 4.90 Å². The topological polar surface area (TPSA) is 89.3 Å². The lowest BCUT2D eigenvalue weighted by atomic mass is 10.1. The van der Waals surface area contributed by atoms with Gasteiger partial charge in [0.2, 0.25) is 10.0 Å². The van der Waals surface area contributed by atoms with Gasteiger partial charge in [-0.3, -0.25) is 4.79 Å². The first-order valence-electron chi connectivity index (χ1n) is 6.71. The molecule has 5 nitrogen and oxygen atoms in total. The molecule has 0 saturated heterocycles. The van der Waals surface area contributed by atoms with E-state index in [1.165, 1.54) is 6.07 Å². The van der Waals surface area contributed by atoms with Crippen LogP contribution in [0.2, 0.25) is 0 Å². The normalized spacial score (nSPS) is 11.3. The maximum Gasteiger partial charge on any atom is 0.255 e. The molecule has 0 atom stereocenters. The van der Waals surface area contributed by atoms with E-state index in [0.717, 1.165) is 5.56 Å². The molecule has 22 heavy (non-hydrogen) atoms. The molecule has 0 unspecified atom stereocenters. The van der Waals surface area contributed by atoms with E-state index in [-0.39, 0.29) is 16.4 Å². The molecule has 0 radical (unpaired) electrons. The lowest BCUT2D eigenvalue weighted by Gasteiger charge is -2.12. The second-order valence-electron chi connectivity index (χ2n) is 5.23. The van der Waals surface area contributed by atoms with E-state index in [0.29, 0.717) is 16.8 Å². The molecule has 6 heteroatoms. The monoisotopic (exact) mass is 318 g/mol. The Bertz CT molecular complexity index is 842. The number of hydrogen-bond donors (Lipinski definition) is 2. The van der Waals surface area contributed by atoms with Crippen molar-refractivity contribution in [1.29, 1.82) is 0 Å². The average molecular weight is 318 g/mol. The standard InChI is InChI=1S/C16H18N2O3S/c1-10-6-4-5-7-14(10)18-16(19)13-8-11(2)12(3)15(9-13)22(17,20)21/h4-9H,1-3H3,(H,18,19)(H2,17,20,21). The zero-order valence-corrected chi connectivity index (χ0v) is 13.5. The smallest absolute Gasteiger partial charge is 0.255 e. The van der Waals surface area contributed by atoms with Crippen molar-refractivity contribution in [2.24, 2.45) is 5.14 Å². The molecule has 0 heterocycles. The van der Waals surface area contributed by atoms with Gasteiger partial charge in [0.15, 0.2) is 0 Å². The van der Waals surface area contributed by atoms with E-state index in [1.807, 2.05) is 25.1 Å². The maximum atomic E-state index is 12.4. The Hall–Kier alpha value is -2.18. The predicted octanol–water partition coefficient (Wildman–Crippen LogP) is 2.51. The lowest BCUT2D eigenvalue weighted by molar-refractivity contribution is 0.102. The van der Waals surface area contributed by atoms with Crippen molar-refractivity contribution in [3.63, 3.8) is 0 Å². The average Bonchev–Trinajstić information content (AvgIpc) is 2.42. The number of para-hydroxylation sites is 1. The highest BCUT2D eigenvalue weighted by Gasteiger charge is 2.17. The van der Waals surface area contributed by atoms with E-state index < -0.39 is 10.0 Å². The molecular formula is C16H18N2O3S. The van der Waals surface area contributed by atoms with E-state index >= 15 is 0 Å². The Morgan fingerprint density at radius 1 is 1.05 bits per heavy atom. The van der Waals surface area contributed by atoms with Gasteiger partial charge < -0.3 is 5.32 Å². The van der Waals surface area contributed by atoms with Crippen LogP contribution in [0.1, 0.15) is 27.0 Å². The van der Waals surface area contributed by atoms with Crippen molar-refractivity contribution in [3.05, 3.63) is 58.7 Å².